The van der Waals surface area contributed by atoms with Gasteiger partial charge in [0.1, 0.15) is 5.82 Å². The Morgan fingerprint density at radius 2 is 1.75 bits per heavy atom. The third kappa shape index (κ3) is 1.53. The molecule has 1 N–H and O–H groups in total. The highest BCUT2D eigenvalue weighted by atomic mass is 15.2. The van der Waals surface area contributed by atoms with E-state index in [2.05, 4.69) is 16.8 Å². The van der Waals surface area contributed by atoms with E-state index in [0.717, 1.165) is 49.2 Å². The number of hydrogen-bond acceptors (Lipinski definition) is 2. The van der Waals surface area contributed by atoms with Crippen molar-refractivity contribution in [3.05, 3.63) is 17.2 Å². The van der Waals surface area contributed by atoms with Crippen molar-refractivity contribution in [2.24, 2.45) is 23.7 Å². The van der Waals surface area contributed by atoms with Crippen molar-refractivity contribution in [1.29, 1.82) is 0 Å². The van der Waals surface area contributed by atoms with Gasteiger partial charge in [-0.25, -0.2) is 4.98 Å². The Morgan fingerprint density at radius 3 is 2.45 bits per heavy atom. The van der Waals surface area contributed by atoms with Crippen LogP contribution < -0.4 is 5.32 Å². The lowest BCUT2D eigenvalue weighted by atomic mass is 9.51. The SMILES string of the molecule is Cc1nc(C2C3CC4CC(C3)CC2C4)c2n1CCNC2. The predicted molar refractivity (Wildman–Crippen MR) is 78.5 cm³/mol. The molecular weight excluding hydrogens is 246 g/mol. The minimum absolute atomic E-state index is 0.789. The Kier molecular flexibility index (Phi) is 2.41. The molecule has 4 aliphatic carbocycles. The van der Waals surface area contributed by atoms with Crippen LogP contribution in [0.4, 0.5) is 0 Å². The number of nitrogens with one attached hydrogen (secondary N) is 1. The fourth-order valence-electron chi connectivity index (χ4n) is 6.15. The molecule has 6 rings (SSSR count). The molecule has 5 aliphatic rings. The summed E-state index contributed by atoms with van der Waals surface area (Å²) >= 11 is 0. The van der Waals surface area contributed by atoms with Gasteiger partial charge in [0.05, 0.1) is 11.4 Å². The first-order valence-electron chi connectivity index (χ1n) is 8.56. The summed E-state index contributed by atoms with van der Waals surface area (Å²) in [4.78, 5) is 5.06. The number of aromatic nitrogens is 2. The Morgan fingerprint density at radius 1 is 1.05 bits per heavy atom. The Hall–Kier alpha value is -0.830. The third-order valence-corrected chi connectivity index (χ3v) is 6.64. The molecule has 3 nitrogen and oxygen atoms in total. The summed E-state index contributed by atoms with van der Waals surface area (Å²) in [6.07, 6.45) is 7.53. The van der Waals surface area contributed by atoms with E-state index < -0.39 is 0 Å². The number of imidazole rings is 1. The summed E-state index contributed by atoms with van der Waals surface area (Å²) in [5, 5.41) is 3.56. The van der Waals surface area contributed by atoms with Gasteiger partial charge in [-0.1, -0.05) is 0 Å². The molecule has 1 aromatic rings. The third-order valence-electron chi connectivity index (χ3n) is 6.64. The van der Waals surface area contributed by atoms with Gasteiger partial charge in [0.2, 0.25) is 0 Å². The first kappa shape index (κ1) is 11.8. The zero-order valence-electron chi connectivity index (χ0n) is 12.4. The van der Waals surface area contributed by atoms with Crippen molar-refractivity contribution in [2.75, 3.05) is 6.54 Å². The van der Waals surface area contributed by atoms with Crippen LogP contribution in [0.2, 0.25) is 0 Å². The maximum absolute atomic E-state index is 5.06. The molecular formula is C17H25N3. The standard InChI is InChI=1S/C17H25N3/c1-10-19-17(15-9-18-2-3-20(10)15)16-13-5-11-4-12(7-13)8-14(16)6-11/h11-14,16,18H,2-9H2,1H3. The highest BCUT2D eigenvalue weighted by molar-refractivity contribution is 5.26. The molecule has 0 aromatic carbocycles. The van der Waals surface area contributed by atoms with Crippen LogP contribution >= 0.6 is 0 Å². The van der Waals surface area contributed by atoms with Crippen LogP contribution in [0, 0.1) is 30.6 Å². The lowest BCUT2D eigenvalue weighted by molar-refractivity contribution is -0.00445. The maximum Gasteiger partial charge on any atom is 0.106 e. The molecule has 1 aliphatic heterocycles. The first-order valence-corrected chi connectivity index (χ1v) is 8.56. The van der Waals surface area contributed by atoms with Crippen LogP contribution in [0.1, 0.15) is 55.2 Å². The average molecular weight is 271 g/mol. The molecule has 4 fully saturated rings. The molecule has 3 heteroatoms. The van der Waals surface area contributed by atoms with Crippen LogP contribution in [-0.2, 0) is 13.1 Å². The van der Waals surface area contributed by atoms with Crippen LogP contribution in [0.3, 0.4) is 0 Å². The van der Waals surface area contributed by atoms with Gasteiger partial charge in [0.15, 0.2) is 0 Å². The summed E-state index contributed by atoms with van der Waals surface area (Å²) in [6, 6.07) is 0. The second kappa shape index (κ2) is 4.09. The monoisotopic (exact) mass is 271 g/mol. The van der Waals surface area contributed by atoms with Crippen molar-refractivity contribution in [3.8, 4) is 0 Å². The maximum atomic E-state index is 5.06. The minimum atomic E-state index is 0.789. The van der Waals surface area contributed by atoms with E-state index in [1.807, 2.05) is 0 Å². The lowest BCUT2D eigenvalue weighted by Crippen LogP contribution is -2.44. The van der Waals surface area contributed by atoms with Gasteiger partial charge in [-0.2, -0.15) is 0 Å². The number of aryl methyl sites for hydroxylation is 1. The van der Waals surface area contributed by atoms with Gasteiger partial charge < -0.3 is 9.88 Å². The summed E-state index contributed by atoms with van der Waals surface area (Å²) in [5.74, 6) is 6.07. The molecule has 4 saturated carbocycles. The Bertz CT molecular complexity index is 517. The van der Waals surface area contributed by atoms with Crippen LogP contribution in [-0.4, -0.2) is 16.1 Å². The molecule has 0 atom stereocenters. The second-order valence-electron chi connectivity index (χ2n) is 7.78. The molecule has 108 valence electrons. The van der Waals surface area contributed by atoms with Crippen molar-refractivity contribution in [2.45, 2.75) is 58.0 Å². The topological polar surface area (TPSA) is 29.9 Å². The van der Waals surface area contributed by atoms with Gasteiger partial charge >= 0.3 is 0 Å². The van der Waals surface area contributed by atoms with Gasteiger partial charge in [0.25, 0.3) is 0 Å². The number of fused-ring (bicyclic) bond motifs is 1. The molecule has 0 radical (unpaired) electrons. The number of rotatable bonds is 1. The summed E-state index contributed by atoms with van der Waals surface area (Å²) < 4.78 is 2.48. The van der Waals surface area contributed by atoms with Crippen LogP contribution in [0.15, 0.2) is 0 Å². The molecule has 20 heavy (non-hydrogen) atoms. The highest BCUT2D eigenvalue weighted by Crippen LogP contribution is 2.60. The lowest BCUT2D eigenvalue weighted by Gasteiger charge is -2.54. The molecule has 0 amide bonds. The summed E-state index contributed by atoms with van der Waals surface area (Å²) in [6.45, 7) is 5.46. The van der Waals surface area contributed by atoms with E-state index in [1.54, 1.807) is 6.42 Å². The minimum Gasteiger partial charge on any atom is -0.330 e. The molecule has 2 heterocycles. The molecule has 0 saturated heterocycles. The van der Waals surface area contributed by atoms with E-state index in [1.165, 1.54) is 42.9 Å². The zero-order chi connectivity index (χ0) is 13.3. The van der Waals surface area contributed by atoms with Gasteiger partial charge in [-0.15, -0.1) is 0 Å². The van der Waals surface area contributed by atoms with E-state index >= 15 is 0 Å². The molecule has 0 unspecified atom stereocenters. The van der Waals surface area contributed by atoms with Gasteiger partial charge in [-0.3, -0.25) is 0 Å². The largest absolute Gasteiger partial charge is 0.330 e. The fourth-order valence-corrected chi connectivity index (χ4v) is 6.15. The molecule has 4 bridgehead atoms. The molecule has 1 aromatic heterocycles. The summed E-state index contributed by atoms with van der Waals surface area (Å²) in [5.41, 5.74) is 3.01. The van der Waals surface area contributed by atoms with Gasteiger partial charge in [0, 0.05) is 25.6 Å². The highest BCUT2D eigenvalue weighted by Gasteiger charge is 2.50. The Balaban J connectivity index is 1.57. The van der Waals surface area contributed by atoms with E-state index in [4.69, 9.17) is 4.98 Å². The van der Waals surface area contributed by atoms with Crippen molar-refractivity contribution in [1.82, 2.24) is 14.9 Å². The Labute approximate surface area is 121 Å². The van der Waals surface area contributed by atoms with E-state index in [0.29, 0.717) is 0 Å². The van der Waals surface area contributed by atoms with Crippen LogP contribution in [0.25, 0.3) is 0 Å². The van der Waals surface area contributed by atoms with Crippen LogP contribution in [0.5, 0.6) is 0 Å². The van der Waals surface area contributed by atoms with Crippen molar-refractivity contribution >= 4 is 0 Å². The normalized spacial score (nSPS) is 42.0. The van der Waals surface area contributed by atoms with E-state index in [9.17, 15) is 0 Å². The quantitative estimate of drug-likeness (QED) is 0.851. The average Bonchev–Trinajstić information content (AvgIpc) is 2.76. The molecule has 0 spiro atoms. The number of hydrogen-bond donors (Lipinski definition) is 1. The zero-order valence-corrected chi connectivity index (χ0v) is 12.4. The predicted octanol–water partition coefficient (Wildman–Crippen LogP) is 2.83. The smallest absolute Gasteiger partial charge is 0.106 e. The number of nitrogens with zero attached hydrogens (tertiary/aromatic N) is 2. The summed E-state index contributed by atoms with van der Waals surface area (Å²) in [7, 11) is 0. The van der Waals surface area contributed by atoms with Crippen molar-refractivity contribution < 1.29 is 0 Å². The first-order chi connectivity index (χ1) is 9.79. The van der Waals surface area contributed by atoms with Gasteiger partial charge in [-0.05, 0) is 62.7 Å². The fraction of sp³-hybridized carbons (Fsp3) is 0.824. The second-order valence-corrected chi connectivity index (χ2v) is 7.78. The van der Waals surface area contributed by atoms with E-state index in [-0.39, 0.29) is 0 Å². The van der Waals surface area contributed by atoms with Crippen molar-refractivity contribution in [3.63, 3.8) is 0 Å².